The first-order valence-electron chi connectivity index (χ1n) is 0. The van der Waals surface area contributed by atoms with Gasteiger partial charge in [0.15, 0.2) is 0 Å². The van der Waals surface area contributed by atoms with Crippen molar-refractivity contribution >= 4 is 51.4 Å². The molecule has 0 spiro atoms. The van der Waals surface area contributed by atoms with E-state index in [-0.39, 0.29) is 93.1 Å². The molecule has 0 radical (unpaired) electrons. The zero-order chi connectivity index (χ0) is 0. The van der Waals surface area contributed by atoms with E-state index in [9.17, 15) is 0 Å². The van der Waals surface area contributed by atoms with E-state index in [4.69, 9.17) is 0 Å². The number of hydrogen-bond donors (Lipinski definition) is 0. The zero-order valence-electron chi connectivity index (χ0n) is 2.35. The van der Waals surface area contributed by atoms with Crippen molar-refractivity contribution in [2.24, 2.45) is 0 Å². The second-order valence-corrected chi connectivity index (χ2v) is 0. The summed E-state index contributed by atoms with van der Waals surface area (Å²) in [7, 11) is 0. The van der Waals surface area contributed by atoms with Crippen LogP contribution in [-0.2, 0) is 19.8 Å². The predicted octanol–water partition coefficient (Wildman–Crippen LogP) is -3.95. The SMILES string of the molecule is O.O.O.O.[KH].[Os]. The summed E-state index contributed by atoms with van der Waals surface area (Å²) in [6, 6.07) is 0. The van der Waals surface area contributed by atoms with Crippen LogP contribution in [0.2, 0.25) is 0 Å². The Bertz CT molecular complexity index is 7.51. The van der Waals surface area contributed by atoms with Crippen molar-refractivity contribution in [3.8, 4) is 0 Å². The fourth-order valence-corrected chi connectivity index (χ4v) is 0. The molecule has 0 aromatic rings. The van der Waals surface area contributed by atoms with Gasteiger partial charge in [0.2, 0.25) is 0 Å². The smallest absolute Gasteiger partial charge is 0 e. The molecule has 0 unspecified atom stereocenters. The first kappa shape index (κ1) is 92.0. The molecule has 0 heterocycles. The van der Waals surface area contributed by atoms with Crippen LogP contribution in [0.5, 0.6) is 0 Å². The fourth-order valence-electron chi connectivity index (χ4n) is 0. The zero-order valence-corrected chi connectivity index (χ0v) is 4.89. The van der Waals surface area contributed by atoms with Crippen molar-refractivity contribution in [1.82, 2.24) is 0 Å². The van der Waals surface area contributed by atoms with Crippen LogP contribution in [0.4, 0.5) is 0 Å². The maximum Gasteiger partial charge on any atom is 0 e. The molecule has 0 amide bonds. The molecule has 0 atom stereocenters. The Morgan fingerprint density at radius 2 is 0.500 bits per heavy atom. The standard InChI is InChI=1S/K.4H2O.Os.H/h;4*1H2;;. The molecule has 0 bridgehead atoms. The van der Waals surface area contributed by atoms with Crippen molar-refractivity contribution in [3.05, 3.63) is 0 Å². The molecule has 6 heavy (non-hydrogen) atoms. The van der Waals surface area contributed by atoms with Crippen LogP contribution < -0.4 is 0 Å². The van der Waals surface area contributed by atoms with E-state index < -0.39 is 0 Å². The van der Waals surface area contributed by atoms with Crippen LogP contribution in [0.3, 0.4) is 0 Å². The van der Waals surface area contributed by atoms with Gasteiger partial charge in [-0.15, -0.1) is 0 Å². The maximum atomic E-state index is 0. The minimum Gasteiger partial charge on any atom is 0 e. The molecule has 0 aromatic heterocycles. The van der Waals surface area contributed by atoms with E-state index in [1.807, 2.05) is 0 Å². The van der Waals surface area contributed by atoms with Crippen molar-refractivity contribution in [2.75, 3.05) is 0 Å². The largest absolute Gasteiger partial charge is 0 e. The topological polar surface area (TPSA) is 126 Å². The van der Waals surface area contributed by atoms with E-state index in [1.54, 1.807) is 0 Å². The summed E-state index contributed by atoms with van der Waals surface area (Å²) >= 11 is 0. The molecule has 4 nitrogen and oxygen atoms in total. The molecule has 0 saturated heterocycles. The van der Waals surface area contributed by atoms with Crippen molar-refractivity contribution in [3.63, 3.8) is 0 Å². The quantitative estimate of drug-likeness (QED) is 0.405. The molecule has 0 fully saturated rings. The summed E-state index contributed by atoms with van der Waals surface area (Å²) in [6.07, 6.45) is 0. The molecular weight excluding hydrogens is 293 g/mol. The fraction of sp³-hybridized carbons (Fsp3) is 0. The summed E-state index contributed by atoms with van der Waals surface area (Å²) in [5.41, 5.74) is 0. The van der Waals surface area contributed by atoms with Gasteiger partial charge < -0.3 is 21.9 Å². The summed E-state index contributed by atoms with van der Waals surface area (Å²) in [5.74, 6) is 0. The van der Waals surface area contributed by atoms with E-state index in [1.165, 1.54) is 0 Å². The van der Waals surface area contributed by atoms with Crippen LogP contribution in [0, 0.1) is 0 Å². The van der Waals surface area contributed by atoms with Gasteiger partial charge in [0.25, 0.3) is 0 Å². The molecule has 0 aromatic carbocycles. The van der Waals surface area contributed by atoms with Gasteiger partial charge in [-0.25, -0.2) is 0 Å². The van der Waals surface area contributed by atoms with Crippen LogP contribution in [-0.4, -0.2) is 73.3 Å². The Balaban J connectivity index is 0. The van der Waals surface area contributed by atoms with E-state index in [0.717, 1.165) is 0 Å². The van der Waals surface area contributed by atoms with Crippen molar-refractivity contribution in [1.29, 1.82) is 0 Å². The summed E-state index contributed by atoms with van der Waals surface area (Å²) in [4.78, 5) is 0. The van der Waals surface area contributed by atoms with Gasteiger partial charge >= 0.3 is 51.4 Å². The van der Waals surface area contributed by atoms with Crippen molar-refractivity contribution in [2.45, 2.75) is 0 Å². The minimum absolute atomic E-state index is 0. The second kappa shape index (κ2) is 59.5. The van der Waals surface area contributed by atoms with Crippen LogP contribution in [0.1, 0.15) is 0 Å². The Morgan fingerprint density at radius 1 is 0.500 bits per heavy atom. The van der Waals surface area contributed by atoms with Gasteiger partial charge in [0.05, 0.1) is 0 Å². The summed E-state index contributed by atoms with van der Waals surface area (Å²) < 4.78 is 0. The molecule has 0 aliphatic carbocycles. The minimum atomic E-state index is 0. The summed E-state index contributed by atoms with van der Waals surface area (Å²) in [5, 5.41) is 0. The molecular formula is H9KO4Os. The number of hydrogen-bond acceptors (Lipinski definition) is 0. The van der Waals surface area contributed by atoms with Gasteiger partial charge in [-0.05, 0) is 0 Å². The third-order valence-electron chi connectivity index (χ3n) is 0. The summed E-state index contributed by atoms with van der Waals surface area (Å²) in [6.45, 7) is 0. The first-order chi connectivity index (χ1) is 0. The average molecular weight is 302 g/mol. The second-order valence-electron chi connectivity index (χ2n) is 0. The van der Waals surface area contributed by atoms with Gasteiger partial charge in [0, 0.05) is 19.8 Å². The predicted molar refractivity (Wildman–Crippen MR) is 21.6 cm³/mol. The van der Waals surface area contributed by atoms with Crippen molar-refractivity contribution < 1.29 is 41.7 Å². The Morgan fingerprint density at radius 3 is 0.500 bits per heavy atom. The Labute approximate surface area is 91.4 Å². The normalized spacial score (nSPS) is 0. The molecule has 8 N–H and O–H groups in total. The van der Waals surface area contributed by atoms with E-state index >= 15 is 0 Å². The van der Waals surface area contributed by atoms with Gasteiger partial charge in [-0.3, -0.25) is 0 Å². The van der Waals surface area contributed by atoms with Gasteiger partial charge in [0.1, 0.15) is 0 Å². The van der Waals surface area contributed by atoms with Gasteiger partial charge in [-0.2, -0.15) is 0 Å². The first-order valence-corrected chi connectivity index (χ1v) is 0. The third kappa shape index (κ3) is 35.8. The molecule has 0 aliphatic rings. The molecule has 42 valence electrons. The Kier molecular flexibility index (Phi) is 912. The van der Waals surface area contributed by atoms with E-state index in [0.29, 0.717) is 0 Å². The van der Waals surface area contributed by atoms with E-state index in [2.05, 4.69) is 0 Å². The Hall–Kier alpha value is 2.11. The molecule has 6 heteroatoms. The molecule has 0 rings (SSSR count). The van der Waals surface area contributed by atoms with Crippen LogP contribution >= 0.6 is 0 Å². The monoisotopic (exact) mass is 304 g/mol. The van der Waals surface area contributed by atoms with Crippen LogP contribution in [0.25, 0.3) is 0 Å². The molecule has 0 saturated carbocycles. The third-order valence-corrected chi connectivity index (χ3v) is 0. The van der Waals surface area contributed by atoms with Gasteiger partial charge in [-0.1, -0.05) is 0 Å². The number of rotatable bonds is 0. The van der Waals surface area contributed by atoms with Crippen LogP contribution in [0.15, 0.2) is 0 Å². The molecule has 0 aliphatic heterocycles. The average Bonchev–Trinajstić information content (AvgIpc) is 0. The maximum absolute atomic E-state index is 0.